The fourth-order valence-electron chi connectivity index (χ4n) is 4.46. The molecule has 0 radical (unpaired) electrons. The molecule has 11 nitrogen and oxygen atoms in total. The fourth-order valence-corrected chi connectivity index (χ4v) is 5.93. The minimum absolute atomic E-state index is 0.0186. The van der Waals surface area contributed by atoms with Crippen LogP contribution in [-0.4, -0.2) is 67.6 Å². The van der Waals surface area contributed by atoms with Crippen molar-refractivity contribution < 1.29 is 22.7 Å². The molecular weight excluding hydrogens is 580 g/mol. The Balaban J connectivity index is 1.43. The number of hydrogen-bond acceptors (Lipinski definition) is 9. The largest absolute Gasteiger partial charge is 0.459 e. The van der Waals surface area contributed by atoms with Crippen molar-refractivity contribution in [2.45, 2.75) is 56.2 Å². The summed E-state index contributed by atoms with van der Waals surface area (Å²) in [7, 11) is -4.07. The van der Waals surface area contributed by atoms with Gasteiger partial charge in [0.05, 0.1) is 15.5 Å². The monoisotopic (exact) mass is 614 g/mol. The van der Waals surface area contributed by atoms with Gasteiger partial charge in [-0.2, -0.15) is 4.72 Å². The third-order valence-electron chi connectivity index (χ3n) is 6.39. The number of nitrogens with zero attached hydrogens (tertiary/aromatic N) is 3. The number of halogens is 1. The van der Waals surface area contributed by atoms with E-state index < -0.39 is 33.5 Å². The van der Waals surface area contributed by atoms with Gasteiger partial charge >= 0.3 is 5.97 Å². The molecule has 1 aromatic heterocycles. The molecular formula is C29H35ClN6O5S. The van der Waals surface area contributed by atoms with E-state index in [0.717, 1.165) is 25.1 Å². The zero-order valence-electron chi connectivity index (χ0n) is 23.7. The van der Waals surface area contributed by atoms with Crippen molar-refractivity contribution in [3.8, 4) is 0 Å². The standard InChI is InChI=1S/C29H35ClN6O5S/c1-29(2,3)41-27(38)25(35-42(39,40)22-10-5-4-6-11-22)18-33-26(37)23-13-12-21(17-24(23)30)36-16-7-9-20(19-36)34-28-31-14-8-15-32-28/h4-6,8,10-15,17,20,25,35H,7,9,16,18-19H2,1-3H3,(H,33,37)(H,31,32,34). The zero-order valence-corrected chi connectivity index (χ0v) is 25.3. The van der Waals surface area contributed by atoms with Crippen LogP contribution in [-0.2, 0) is 19.6 Å². The van der Waals surface area contributed by atoms with Crippen LogP contribution in [0.3, 0.4) is 0 Å². The van der Waals surface area contributed by atoms with Crippen LogP contribution in [0.5, 0.6) is 0 Å². The molecule has 0 aliphatic carbocycles. The second kappa shape index (κ2) is 13.5. The van der Waals surface area contributed by atoms with Crippen molar-refractivity contribution in [2.24, 2.45) is 0 Å². The Bertz CT molecular complexity index is 1490. The molecule has 0 bridgehead atoms. The van der Waals surface area contributed by atoms with Gasteiger partial charge in [0.25, 0.3) is 5.91 Å². The number of carbonyl (C=O) groups excluding carboxylic acids is 2. The average Bonchev–Trinajstić information content (AvgIpc) is 2.95. The molecule has 224 valence electrons. The van der Waals surface area contributed by atoms with Crippen LogP contribution >= 0.6 is 11.6 Å². The molecule has 1 saturated heterocycles. The fraction of sp³-hybridized carbons (Fsp3) is 0.379. The first-order valence-corrected chi connectivity index (χ1v) is 15.4. The minimum atomic E-state index is -4.07. The third kappa shape index (κ3) is 8.63. The number of sulfonamides is 1. The highest BCUT2D eigenvalue weighted by Gasteiger charge is 2.31. The smallest absolute Gasteiger partial charge is 0.326 e. The first-order valence-electron chi connectivity index (χ1n) is 13.6. The number of aromatic nitrogens is 2. The number of nitrogens with one attached hydrogen (secondary N) is 3. The molecule has 1 aliphatic heterocycles. The molecule has 0 saturated carbocycles. The number of ether oxygens (including phenoxy) is 1. The van der Waals surface area contributed by atoms with Crippen LogP contribution in [0.2, 0.25) is 5.02 Å². The summed E-state index contributed by atoms with van der Waals surface area (Å²) in [6, 6.07) is 13.3. The van der Waals surface area contributed by atoms with Crippen LogP contribution in [0.15, 0.2) is 71.9 Å². The number of benzene rings is 2. The van der Waals surface area contributed by atoms with Gasteiger partial charge < -0.3 is 20.3 Å². The van der Waals surface area contributed by atoms with Crippen LogP contribution in [0.1, 0.15) is 44.0 Å². The number of hydrogen-bond donors (Lipinski definition) is 3. The lowest BCUT2D eigenvalue weighted by Crippen LogP contribution is -2.50. The van der Waals surface area contributed by atoms with Gasteiger partial charge in [-0.05, 0) is 70.0 Å². The predicted molar refractivity (Wildman–Crippen MR) is 161 cm³/mol. The van der Waals surface area contributed by atoms with Gasteiger partial charge in [-0.3, -0.25) is 9.59 Å². The van der Waals surface area contributed by atoms with E-state index in [0.29, 0.717) is 12.5 Å². The summed E-state index contributed by atoms with van der Waals surface area (Å²) in [4.78, 5) is 36.6. The highest BCUT2D eigenvalue weighted by Crippen LogP contribution is 2.27. The van der Waals surface area contributed by atoms with E-state index in [4.69, 9.17) is 16.3 Å². The molecule has 0 spiro atoms. The second-order valence-electron chi connectivity index (χ2n) is 10.9. The molecule has 3 aromatic rings. The number of amides is 1. The molecule has 2 heterocycles. The predicted octanol–water partition coefficient (Wildman–Crippen LogP) is 3.63. The molecule has 1 fully saturated rings. The van der Waals surface area contributed by atoms with E-state index >= 15 is 0 Å². The molecule has 2 aromatic carbocycles. The van der Waals surface area contributed by atoms with Crippen molar-refractivity contribution in [2.75, 3.05) is 29.9 Å². The summed E-state index contributed by atoms with van der Waals surface area (Å²) in [6.07, 6.45) is 5.30. The summed E-state index contributed by atoms with van der Waals surface area (Å²) in [5.74, 6) is -0.804. The normalized spacial score (nSPS) is 16.4. The minimum Gasteiger partial charge on any atom is -0.459 e. The second-order valence-corrected chi connectivity index (χ2v) is 13.0. The maximum absolute atomic E-state index is 13.1. The van der Waals surface area contributed by atoms with E-state index in [1.54, 1.807) is 69.6 Å². The van der Waals surface area contributed by atoms with E-state index in [-0.39, 0.29) is 28.1 Å². The summed E-state index contributed by atoms with van der Waals surface area (Å²) in [5.41, 5.74) is 0.186. The number of rotatable bonds is 10. The molecule has 42 heavy (non-hydrogen) atoms. The van der Waals surface area contributed by atoms with Gasteiger partial charge in [0, 0.05) is 43.8 Å². The van der Waals surface area contributed by atoms with Gasteiger partial charge in [0.2, 0.25) is 16.0 Å². The SMILES string of the molecule is CC(C)(C)OC(=O)C(CNC(=O)c1ccc(N2CCCC(Nc3ncccn3)C2)cc1Cl)NS(=O)(=O)c1ccccc1. The topological polar surface area (TPSA) is 143 Å². The Morgan fingerprint density at radius 3 is 2.48 bits per heavy atom. The molecule has 4 rings (SSSR count). The quantitative estimate of drug-likeness (QED) is 0.292. The van der Waals surface area contributed by atoms with Gasteiger partial charge in [0.15, 0.2) is 0 Å². The Kier molecular flexibility index (Phi) is 10.0. The van der Waals surface area contributed by atoms with Crippen LogP contribution in [0.4, 0.5) is 11.6 Å². The van der Waals surface area contributed by atoms with Crippen LogP contribution in [0, 0.1) is 0 Å². The summed E-state index contributed by atoms with van der Waals surface area (Å²) < 4.78 is 33.6. The summed E-state index contributed by atoms with van der Waals surface area (Å²) in [6.45, 7) is 6.20. The van der Waals surface area contributed by atoms with Gasteiger partial charge in [-0.15, -0.1) is 0 Å². The van der Waals surface area contributed by atoms with Gasteiger partial charge in [0.1, 0.15) is 11.6 Å². The zero-order chi connectivity index (χ0) is 30.3. The number of anilines is 2. The maximum Gasteiger partial charge on any atom is 0.326 e. The third-order valence-corrected chi connectivity index (χ3v) is 8.19. The number of piperidine rings is 1. The van der Waals surface area contributed by atoms with E-state index in [2.05, 4.69) is 30.2 Å². The Hall–Kier alpha value is -3.74. The van der Waals surface area contributed by atoms with Crippen LogP contribution in [0.25, 0.3) is 0 Å². The van der Waals surface area contributed by atoms with Crippen molar-refractivity contribution in [1.29, 1.82) is 0 Å². The lowest BCUT2D eigenvalue weighted by Gasteiger charge is -2.35. The van der Waals surface area contributed by atoms with Gasteiger partial charge in [-0.25, -0.2) is 18.4 Å². The molecule has 2 unspecified atom stereocenters. The summed E-state index contributed by atoms with van der Waals surface area (Å²) >= 11 is 6.53. The Morgan fingerprint density at radius 1 is 1.10 bits per heavy atom. The highest BCUT2D eigenvalue weighted by molar-refractivity contribution is 7.89. The van der Waals surface area contributed by atoms with Crippen molar-refractivity contribution >= 4 is 45.1 Å². The molecule has 3 N–H and O–H groups in total. The first-order chi connectivity index (χ1) is 19.9. The Morgan fingerprint density at radius 2 is 1.81 bits per heavy atom. The molecule has 2 atom stereocenters. The molecule has 1 aliphatic rings. The molecule has 13 heteroatoms. The maximum atomic E-state index is 13.1. The van der Waals surface area contributed by atoms with Crippen LogP contribution < -0.4 is 20.3 Å². The average molecular weight is 615 g/mol. The number of carbonyl (C=O) groups is 2. The highest BCUT2D eigenvalue weighted by atomic mass is 35.5. The van der Waals surface area contributed by atoms with Crippen molar-refractivity contribution in [1.82, 2.24) is 20.0 Å². The van der Waals surface area contributed by atoms with E-state index in [1.165, 1.54) is 12.1 Å². The van der Waals surface area contributed by atoms with Gasteiger partial charge in [-0.1, -0.05) is 29.8 Å². The number of esters is 1. The van der Waals surface area contributed by atoms with E-state index in [9.17, 15) is 18.0 Å². The first kappa shape index (κ1) is 31.2. The molecule has 1 amide bonds. The van der Waals surface area contributed by atoms with Crippen molar-refractivity contribution in [3.05, 3.63) is 77.6 Å². The summed E-state index contributed by atoms with van der Waals surface area (Å²) in [5, 5.41) is 6.21. The lowest BCUT2D eigenvalue weighted by atomic mass is 10.0. The van der Waals surface area contributed by atoms with Crippen molar-refractivity contribution in [3.63, 3.8) is 0 Å². The Labute approximate surface area is 251 Å². The lowest BCUT2D eigenvalue weighted by molar-refractivity contribution is -0.156. The van der Waals surface area contributed by atoms with E-state index in [1.807, 2.05) is 6.07 Å².